The van der Waals surface area contributed by atoms with Gasteiger partial charge in [-0.2, -0.15) is 0 Å². The topological polar surface area (TPSA) is 43.7 Å². The van der Waals surface area contributed by atoms with Crippen LogP contribution in [0.1, 0.15) is 23.2 Å². The summed E-state index contributed by atoms with van der Waals surface area (Å²) in [6.07, 6.45) is 4.09. The fourth-order valence-corrected chi connectivity index (χ4v) is 3.79. The van der Waals surface area contributed by atoms with Gasteiger partial charge in [0.2, 0.25) is 0 Å². The molecule has 1 aromatic carbocycles. The molecule has 1 atom stereocenters. The second kappa shape index (κ2) is 5.35. The molecule has 4 rings (SSSR count). The van der Waals surface area contributed by atoms with Gasteiger partial charge in [0.1, 0.15) is 5.60 Å². The highest BCUT2D eigenvalue weighted by molar-refractivity contribution is 5.98. The molecule has 0 unspecified atom stereocenters. The number of hydrogen-bond donors (Lipinski definition) is 0. The third-order valence-corrected chi connectivity index (χ3v) is 5.16. The first-order chi connectivity index (χ1) is 11.1. The zero-order chi connectivity index (χ0) is 16.0. The Bertz CT molecular complexity index is 746. The highest BCUT2D eigenvalue weighted by atomic mass is 16.5. The van der Waals surface area contributed by atoms with Crippen LogP contribution in [0, 0.1) is 0 Å². The molecule has 23 heavy (non-hydrogen) atoms. The molecular weight excluding hydrogens is 292 g/mol. The van der Waals surface area contributed by atoms with Crippen LogP contribution < -0.4 is 0 Å². The van der Waals surface area contributed by atoms with Crippen molar-refractivity contribution in [3.05, 3.63) is 36.0 Å². The second-order valence-electron chi connectivity index (χ2n) is 6.74. The number of ether oxygens (including phenoxy) is 2. The maximum absolute atomic E-state index is 12.7. The van der Waals surface area contributed by atoms with Crippen molar-refractivity contribution >= 4 is 16.8 Å². The molecule has 1 aromatic heterocycles. The molecule has 1 spiro atoms. The lowest BCUT2D eigenvalue weighted by atomic mass is 9.84. The Hall–Kier alpha value is -1.85. The number of benzene rings is 1. The number of nitrogens with zero attached hydrogens (tertiary/aromatic N) is 2. The van der Waals surface area contributed by atoms with Crippen LogP contribution in [0.2, 0.25) is 0 Å². The third-order valence-electron chi connectivity index (χ3n) is 5.16. The van der Waals surface area contributed by atoms with Crippen LogP contribution >= 0.6 is 0 Å². The lowest BCUT2D eigenvalue weighted by molar-refractivity contribution is -0.181. The number of hydrogen-bond acceptors (Lipinski definition) is 3. The summed E-state index contributed by atoms with van der Waals surface area (Å²) in [7, 11) is 3.76. The molecule has 0 N–H and O–H groups in total. The van der Waals surface area contributed by atoms with E-state index in [1.165, 1.54) is 0 Å². The highest BCUT2D eigenvalue weighted by Gasteiger charge is 2.49. The van der Waals surface area contributed by atoms with Gasteiger partial charge in [-0.1, -0.05) is 0 Å². The van der Waals surface area contributed by atoms with Crippen LogP contribution in [0.15, 0.2) is 30.5 Å². The Balaban J connectivity index is 1.47. The molecule has 2 aliphatic heterocycles. The lowest BCUT2D eigenvalue weighted by Gasteiger charge is -2.52. The summed E-state index contributed by atoms with van der Waals surface area (Å²) in [6, 6.07) is 7.94. The lowest BCUT2D eigenvalue weighted by Crippen LogP contribution is -2.67. The number of carbonyl (C=O) groups excluding carboxylic acids is 1. The van der Waals surface area contributed by atoms with E-state index in [9.17, 15) is 4.79 Å². The van der Waals surface area contributed by atoms with Crippen molar-refractivity contribution in [2.24, 2.45) is 7.05 Å². The minimum atomic E-state index is -0.189. The fraction of sp³-hybridized carbons (Fsp3) is 0.500. The second-order valence-corrected chi connectivity index (χ2v) is 6.74. The Labute approximate surface area is 135 Å². The smallest absolute Gasteiger partial charge is 0.254 e. The maximum Gasteiger partial charge on any atom is 0.254 e. The van der Waals surface area contributed by atoms with E-state index in [1.54, 1.807) is 7.11 Å². The van der Waals surface area contributed by atoms with Gasteiger partial charge < -0.3 is 18.9 Å². The summed E-state index contributed by atoms with van der Waals surface area (Å²) in [4.78, 5) is 14.6. The Kier molecular flexibility index (Phi) is 3.43. The standard InChI is InChI=1S/C18H22N2O3/c1-19-7-5-13-9-14(3-4-16(13)19)17(21)20-11-18(12-20)10-15(22-2)6-8-23-18/h3-5,7,9,15H,6,8,10-12H2,1-2H3/t15-/m1/s1. The number of aryl methyl sites for hydroxylation is 1. The number of methoxy groups -OCH3 is 1. The zero-order valence-corrected chi connectivity index (χ0v) is 13.6. The molecule has 3 heterocycles. The van der Waals surface area contributed by atoms with Gasteiger partial charge in [0.15, 0.2) is 0 Å². The summed E-state index contributed by atoms with van der Waals surface area (Å²) in [5.41, 5.74) is 1.70. The van der Waals surface area contributed by atoms with Crippen molar-refractivity contribution in [3.63, 3.8) is 0 Å². The molecule has 0 saturated carbocycles. The number of aromatic nitrogens is 1. The largest absolute Gasteiger partial charge is 0.381 e. The molecule has 2 aromatic rings. The van der Waals surface area contributed by atoms with Crippen LogP contribution in [0.25, 0.3) is 10.9 Å². The average molecular weight is 314 g/mol. The van der Waals surface area contributed by atoms with Crippen molar-refractivity contribution in [1.82, 2.24) is 9.47 Å². The number of carbonyl (C=O) groups is 1. The van der Waals surface area contributed by atoms with Gasteiger partial charge in [-0.15, -0.1) is 0 Å². The minimum Gasteiger partial charge on any atom is -0.381 e. The van der Waals surface area contributed by atoms with Gasteiger partial charge in [0.25, 0.3) is 5.91 Å². The van der Waals surface area contributed by atoms with E-state index in [1.807, 2.05) is 42.4 Å². The summed E-state index contributed by atoms with van der Waals surface area (Å²) >= 11 is 0. The first-order valence-electron chi connectivity index (χ1n) is 8.11. The summed E-state index contributed by atoms with van der Waals surface area (Å²) < 4.78 is 13.5. The molecule has 0 bridgehead atoms. The van der Waals surface area contributed by atoms with Gasteiger partial charge in [0, 0.05) is 49.8 Å². The summed E-state index contributed by atoms with van der Waals surface area (Å²) in [6.45, 7) is 2.05. The van der Waals surface area contributed by atoms with Crippen LogP contribution in [-0.4, -0.2) is 53.9 Å². The molecule has 5 nitrogen and oxygen atoms in total. The predicted molar refractivity (Wildman–Crippen MR) is 87.5 cm³/mol. The van der Waals surface area contributed by atoms with Gasteiger partial charge in [-0.25, -0.2) is 0 Å². The van der Waals surface area contributed by atoms with Crippen LogP contribution in [0.3, 0.4) is 0 Å². The fourth-order valence-electron chi connectivity index (χ4n) is 3.79. The van der Waals surface area contributed by atoms with E-state index in [4.69, 9.17) is 9.47 Å². The minimum absolute atomic E-state index is 0.0875. The number of rotatable bonds is 2. The van der Waals surface area contributed by atoms with Crippen LogP contribution in [-0.2, 0) is 16.5 Å². The highest BCUT2D eigenvalue weighted by Crippen LogP contribution is 2.36. The molecule has 0 aliphatic carbocycles. The van der Waals surface area contributed by atoms with Crippen molar-refractivity contribution in [1.29, 1.82) is 0 Å². The van der Waals surface area contributed by atoms with E-state index >= 15 is 0 Å². The number of likely N-dealkylation sites (tertiary alicyclic amines) is 1. The number of amides is 1. The van der Waals surface area contributed by atoms with Crippen LogP contribution in [0.4, 0.5) is 0 Å². The van der Waals surface area contributed by atoms with E-state index < -0.39 is 0 Å². The molecule has 1 amide bonds. The molecule has 5 heteroatoms. The van der Waals surface area contributed by atoms with Crippen molar-refractivity contribution in [2.75, 3.05) is 26.8 Å². The van der Waals surface area contributed by atoms with Gasteiger partial charge in [-0.05, 0) is 30.7 Å². The van der Waals surface area contributed by atoms with Gasteiger partial charge in [0.05, 0.1) is 19.2 Å². The van der Waals surface area contributed by atoms with E-state index in [0.29, 0.717) is 13.1 Å². The predicted octanol–water partition coefficient (Wildman–Crippen LogP) is 2.20. The molecule has 0 radical (unpaired) electrons. The van der Waals surface area contributed by atoms with Crippen LogP contribution in [0.5, 0.6) is 0 Å². The molecule has 2 saturated heterocycles. The number of fused-ring (bicyclic) bond motifs is 1. The van der Waals surface area contributed by atoms with Crippen molar-refractivity contribution in [3.8, 4) is 0 Å². The quantitative estimate of drug-likeness (QED) is 0.853. The molecule has 2 fully saturated rings. The van der Waals surface area contributed by atoms with Crippen molar-refractivity contribution in [2.45, 2.75) is 24.5 Å². The first kappa shape index (κ1) is 14.7. The third kappa shape index (κ3) is 2.44. The van der Waals surface area contributed by atoms with Crippen molar-refractivity contribution < 1.29 is 14.3 Å². The summed E-state index contributed by atoms with van der Waals surface area (Å²) in [5.74, 6) is 0.0875. The maximum atomic E-state index is 12.7. The summed E-state index contributed by atoms with van der Waals surface area (Å²) in [5, 5.41) is 1.10. The molecular formula is C18H22N2O3. The molecule has 2 aliphatic rings. The zero-order valence-electron chi connectivity index (χ0n) is 13.6. The Morgan fingerprint density at radius 2 is 2.17 bits per heavy atom. The molecule has 122 valence electrons. The van der Waals surface area contributed by atoms with E-state index in [0.717, 1.165) is 35.9 Å². The average Bonchev–Trinajstić information content (AvgIpc) is 2.92. The van der Waals surface area contributed by atoms with Gasteiger partial charge >= 0.3 is 0 Å². The van der Waals surface area contributed by atoms with Gasteiger partial charge in [-0.3, -0.25) is 4.79 Å². The monoisotopic (exact) mass is 314 g/mol. The normalized spacial score (nSPS) is 23.2. The SMILES string of the molecule is CO[C@@H]1CCOC2(C1)CN(C(=O)c1ccc3c(ccn3C)c1)C2. The Morgan fingerprint density at radius 1 is 1.35 bits per heavy atom. The first-order valence-corrected chi connectivity index (χ1v) is 8.11. The Morgan fingerprint density at radius 3 is 2.96 bits per heavy atom. The van der Waals surface area contributed by atoms with E-state index in [2.05, 4.69) is 4.57 Å². The van der Waals surface area contributed by atoms with E-state index in [-0.39, 0.29) is 17.6 Å².